The molecule has 4 aromatic carbocycles. The minimum Gasteiger partial charge on any atom is -0.497 e. The van der Waals surface area contributed by atoms with Gasteiger partial charge >= 0.3 is 0 Å². The molecule has 0 amide bonds. The first-order chi connectivity index (χ1) is 15.1. The van der Waals surface area contributed by atoms with Crippen LogP contribution < -0.4 is 14.7 Å². The number of hydrogen-bond acceptors (Lipinski definition) is 2. The van der Waals surface area contributed by atoms with E-state index in [1.165, 1.54) is 44.9 Å². The maximum absolute atomic E-state index is 5.70. The van der Waals surface area contributed by atoms with Crippen LogP contribution in [0, 0.1) is 0 Å². The molecule has 31 heavy (non-hydrogen) atoms. The van der Waals surface area contributed by atoms with Crippen LogP contribution in [-0.4, -0.2) is 22.3 Å². The lowest BCUT2D eigenvalue weighted by molar-refractivity contribution is 0.415. The number of methoxy groups -OCH3 is 2. The Morgan fingerprint density at radius 3 is 1.61 bits per heavy atom. The molecule has 0 bridgehead atoms. The molecule has 0 aliphatic carbocycles. The average Bonchev–Trinajstić information content (AvgIpc) is 2.85. The largest absolute Gasteiger partial charge is 0.497 e. The summed E-state index contributed by atoms with van der Waals surface area (Å²) in [5.74, 6) is 2.00. The highest BCUT2D eigenvalue weighted by molar-refractivity contribution is 6.92. The number of hydrogen-bond donors (Lipinski definition) is 0. The highest BCUT2D eigenvalue weighted by Gasteiger charge is 2.32. The molecule has 2 nitrogen and oxygen atoms in total. The Hall–Kier alpha value is -2.78. The van der Waals surface area contributed by atoms with Crippen LogP contribution in [0.2, 0.25) is 18.1 Å². The molecule has 0 saturated heterocycles. The molecule has 4 rings (SSSR count). The zero-order chi connectivity index (χ0) is 22.3. The summed E-state index contributed by atoms with van der Waals surface area (Å²) in [6.07, 6.45) is 0. The van der Waals surface area contributed by atoms with Crippen LogP contribution in [0.3, 0.4) is 0 Å². The third kappa shape index (κ3) is 4.94. The van der Waals surface area contributed by atoms with Crippen molar-refractivity contribution in [1.82, 2.24) is 0 Å². The average molecular weight is 431 g/mol. The standard InChI is InChI=1S/C17H24OSi.C11H10O/c1-5-19(6-2,7-3)17-13-15-11-9-8-10-14(15)12-16(17)18-4;1-12-11-7-6-9-4-2-3-5-10(9)8-11/h8-13H,5-7H2,1-4H3;2-8H,1H3. The summed E-state index contributed by atoms with van der Waals surface area (Å²) in [4.78, 5) is 0. The minimum atomic E-state index is -1.40. The van der Waals surface area contributed by atoms with E-state index in [1.54, 1.807) is 14.2 Å². The van der Waals surface area contributed by atoms with Gasteiger partial charge in [0.1, 0.15) is 11.5 Å². The third-order valence-electron chi connectivity index (χ3n) is 6.63. The Balaban J connectivity index is 0.000000194. The van der Waals surface area contributed by atoms with Crippen molar-refractivity contribution in [3.05, 3.63) is 78.9 Å². The Labute approximate surface area is 187 Å². The molecule has 3 heteroatoms. The van der Waals surface area contributed by atoms with Gasteiger partial charge in [0.25, 0.3) is 0 Å². The van der Waals surface area contributed by atoms with Crippen molar-refractivity contribution in [1.29, 1.82) is 0 Å². The number of rotatable bonds is 6. The van der Waals surface area contributed by atoms with Crippen molar-refractivity contribution < 1.29 is 9.47 Å². The van der Waals surface area contributed by atoms with Gasteiger partial charge in [-0.25, -0.2) is 0 Å². The van der Waals surface area contributed by atoms with E-state index >= 15 is 0 Å². The van der Waals surface area contributed by atoms with Gasteiger partial charge < -0.3 is 9.47 Å². The summed E-state index contributed by atoms with van der Waals surface area (Å²) in [6, 6.07) is 31.3. The Morgan fingerprint density at radius 2 is 1.10 bits per heavy atom. The van der Waals surface area contributed by atoms with E-state index < -0.39 is 8.07 Å². The van der Waals surface area contributed by atoms with Gasteiger partial charge in [-0.3, -0.25) is 0 Å². The molecule has 0 saturated carbocycles. The maximum Gasteiger partial charge on any atom is 0.119 e. The predicted octanol–water partition coefficient (Wildman–Crippen LogP) is 7.41. The summed E-state index contributed by atoms with van der Waals surface area (Å²) >= 11 is 0. The third-order valence-corrected chi connectivity index (χ3v) is 12.2. The zero-order valence-electron chi connectivity index (χ0n) is 19.4. The molecule has 0 fully saturated rings. The zero-order valence-corrected chi connectivity index (χ0v) is 20.4. The quantitative estimate of drug-likeness (QED) is 0.296. The topological polar surface area (TPSA) is 18.5 Å². The molecule has 0 spiro atoms. The SMILES string of the molecule is CC[Si](CC)(CC)c1cc2ccccc2cc1OC.COc1ccc2ccccc2c1. The summed E-state index contributed by atoms with van der Waals surface area (Å²) in [5, 5.41) is 6.58. The number of benzene rings is 4. The first-order valence-corrected chi connectivity index (χ1v) is 13.8. The summed E-state index contributed by atoms with van der Waals surface area (Å²) in [7, 11) is 2.08. The van der Waals surface area contributed by atoms with E-state index in [-0.39, 0.29) is 0 Å². The molecule has 0 N–H and O–H groups in total. The highest BCUT2D eigenvalue weighted by Crippen LogP contribution is 2.28. The lowest BCUT2D eigenvalue weighted by Gasteiger charge is -2.30. The minimum absolute atomic E-state index is 0.911. The van der Waals surface area contributed by atoms with Gasteiger partial charge in [0, 0.05) is 0 Å². The number of fused-ring (bicyclic) bond motifs is 2. The van der Waals surface area contributed by atoms with Crippen LogP contribution in [0.4, 0.5) is 0 Å². The van der Waals surface area contributed by atoms with E-state index in [0.717, 1.165) is 11.5 Å². The normalized spacial score (nSPS) is 11.1. The molecule has 162 valence electrons. The highest BCUT2D eigenvalue weighted by atomic mass is 28.3. The van der Waals surface area contributed by atoms with Crippen molar-refractivity contribution in [2.75, 3.05) is 14.2 Å². The molecule has 0 heterocycles. The van der Waals surface area contributed by atoms with Gasteiger partial charge in [-0.15, -0.1) is 0 Å². The second kappa shape index (κ2) is 10.5. The fourth-order valence-electron chi connectivity index (χ4n) is 4.42. The fraction of sp³-hybridized carbons (Fsp3) is 0.286. The first kappa shape index (κ1) is 22.9. The first-order valence-electron chi connectivity index (χ1n) is 11.2. The number of ether oxygens (including phenoxy) is 2. The maximum atomic E-state index is 5.70. The molecular formula is C28H34O2Si. The van der Waals surface area contributed by atoms with E-state index in [2.05, 4.69) is 75.4 Å². The van der Waals surface area contributed by atoms with E-state index in [0.29, 0.717) is 0 Å². The Kier molecular flexibility index (Phi) is 7.75. The van der Waals surface area contributed by atoms with E-state index in [9.17, 15) is 0 Å². The van der Waals surface area contributed by atoms with Gasteiger partial charge in [0.2, 0.25) is 0 Å². The fourth-order valence-corrected chi connectivity index (χ4v) is 8.22. The van der Waals surface area contributed by atoms with E-state index in [1.807, 2.05) is 24.3 Å². The van der Waals surface area contributed by atoms with Crippen molar-refractivity contribution in [3.8, 4) is 11.5 Å². The van der Waals surface area contributed by atoms with Crippen LogP contribution >= 0.6 is 0 Å². The smallest absolute Gasteiger partial charge is 0.119 e. The van der Waals surface area contributed by atoms with Gasteiger partial charge in [-0.1, -0.05) is 99.6 Å². The Morgan fingerprint density at radius 1 is 0.581 bits per heavy atom. The molecule has 0 atom stereocenters. The molecule has 0 unspecified atom stereocenters. The molecule has 0 aliphatic rings. The molecule has 0 aliphatic heterocycles. The lowest BCUT2D eigenvalue weighted by atomic mass is 10.1. The second-order valence-corrected chi connectivity index (χ2v) is 13.2. The van der Waals surface area contributed by atoms with Crippen LogP contribution in [0.1, 0.15) is 20.8 Å². The Bertz CT molecular complexity index is 1120. The van der Waals surface area contributed by atoms with Crippen molar-refractivity contribution >= 4 is 34.8 Å². The summed E-state index contributed by atoms with van der Waals surface area (Å²) in [5.41, 5.74) is 0. The molecule has 0 aromatic heterocycles. The predicted molar refractivity (Wildman–Crippen MR) is 138 cm³/mol. The van der Waals surface area contributed by atoms with Crippen LogP contribution in [0.25, 0.3) is 21.5 Å². The summed E-state index contributed by atoms with van der Waals surface area (Å²) in [6.45, 7) is 7.02. The second-order valence-electron chi connectivity index (χ2n) is 7.95. The van der Waals surface area contributed by atoms with E-state index in [4.69, 9.17) is 9.47 Å². The molecule has 0 radical (unpaired) electrons. The molecular weight excluding hydrogens is 396 g/mol. The van der Waals surface area contributed by atoms with Crippen molar-refractivity contribution in [3.63, 3.8) is 0 Å². The summed E-state index contributed by atoms with van der Waals surface area (Å²) < 4.78 is 10.8. The van der Waals surface area contributed by atoms with Gasteiger partial charge in [-0.2, -0.15) is 0 Å². The van der Waals surface area contributed by atoms with Gasteiger partial charge in [0.05, 0.1) is 22.3 Å². The lowest BCUT2D eigenvalue weighted by Crippen LogP contribution is -2.46. The van der Waals surface area contributed by atoms with Crippen LogP contribution in [0.15, 0.2) is 78.9 Å². The van der Waals surface area contributed by atoms with Gasteiger partial charge in [0.15, 0.2) is 0 Å². The van der Waals surface area contributed by atoms with Crippen LogP contribution in [-0.2, 0) is 0 Å². The van der Waals surface area contributed by atoms with Gasteiger partial charge in [-0.05, 0) is 44.9 Å². The van der Waals surface area contributed by atoms with Crippen LogP contribution in [0.5, 0.6) is 11.5 Å². The monoisotopic (exact) mass is 430 g/mol. The van der Waals surface area contributed by atoms with Crippen molar-refractivity contribution in [2.24, 2.45) is 0 Å². The molecule has 4 aromatic rings. The van der Waals surface area contributed by atoms with Crippen molar-refractivity contribution in [2.45, 2.75) is 38.9 Å².